The van der Waals surface area contributed by atoms with E-state index in [1.807, 2.05) is 0 Å². The molecule has 22 heavy (non-hydrogen) atoms. The number of aliphatic hydroxyl groups excluding tert-OH is 1. The molecule has 0 aliphatic heterocycles. The van der Waals surface area contributed by atoms with E-state index in [0.717, 1.165) is 0 Å². The lowest BCUT2D eigenvalue weighted by atomic mass is 10.2. The fourth-order valence-corrected chi connectivity index (χ4v) is 2.23. The maximum atomic E-state index is 13.1. The minimum atomic E-state index is -0.387. The molecule has 2 aromatic heterocycles. The summed E-state index contributed by atoms with van der Waals surface area (Å²) in [7, 11) is 0. The zero-order valence-corrected chi connectivity index (χ0v) is 11.2. The molecule has 0 aliphatic carbocycles. The number of nitrogens with zero attached hydrogens (tertiary/aromatic N) is 2. The van der Waals surface area contributed by atoms with Crippen LogP contribution in [0.25, 0.3) is 22.2 Å². The molecule has 0 spiro atoms. The van der Waals surface area contributed by atoms with Crippen molar-refractivity contribution in [1.82, 2.24) is 9.97 Å². The molecule has 0 fully saturated rings. The van der Waals surface area contributed by atoms with Crippen molar-refractivity contribution >= 4 is 34.2 Å². The van der Waals surface area contributed by atoms with Gasteiger partial charge in [0.05, 0.1) is 6.61 Å². The average molecular weight is 299 g/mol. The molecule has 0 aliphatic rings. The van der Waals surface area contributed by atoms with Crippen LogP contribution in [0.3, 0.4) is 0 Å². The topological polar surface area (TPSA) is 84.3 Å². The van der Waals surface area contributed by atoms with Crippen LogP contribution in [0, 0.1) is 5.82 Å². The number of rotatable bonds is 3. The van der Waals surface area contributed by atoms with E-state index in [-0.39, 0.29) is 24.5 Å². The SMILES string of the molecule is OCc1cccc2oc(Nc3nc4cc(F)ccc4o3)nc12. The number of hydrogen-bond donors (Lipinski definition) is 2. The quantitative estimate of drug-likeness (QED) is 0.603. The van der Waals surface area contributed by atoms with E-state index in [0.29, 0.717) is 27.8 Å². The van der Waals surface area contributed by atoms with Gasteiger partial charge in [-0.3, -0.25) is 5.32 Å². The highest BCUT2D eigenvalue weighted by molar-refractivity contribution is 5.79. The van der Waals surface area contributed by atoms with E-state index in [9.17, 15) is 9.50 Å². The average Bonchev–Trinajstić information content (AvgIpc) is 3.09. The number of hydrogen-bond acceptors (Lipinski definition) is 6. The van der Waals surface area contributed by atoms with E-state index < -0.39 is 0 Å². The smallest absolute Gasteiger partial charge is 0.303 e. The molecule has 7 heteroatoms. The number of para-hydroxylation sites is 1. The first kappa shape index (κ1) is 12.8. The van der Waals surface area contributed by atoms with Gasteiger partial charge in [0.1, 0.15) is 16.9 Å². The number of anilines is 2. The van der Waals surface area contributed by atoms with Gasteiger partial charge in [-0.1, -0.05) is 12.1 Å². The van der Waals surface area contributed by atoms with E-state index in [1.54, 1.807) is 18.2 Å². The van der Waals surface area contributed by atoms with Gasteiger partial charge >= 0.3 is 12.0 Å². The van der Waals surface area contributed by atoms with Gasteiger partial charge in [-0.05, 0) is 18.2 Å². The predicted octanol–water partition coefficient (Wildman–Crippen LogP) is 3.34. The predicted molar refractivity (Wildman–Crippen MR) is 77.2 cm³/mol. The molecule has 2 N–H and O–H groups in total. The maximum Gasteiger partial charge on any atom is 0.303 e. The summed E-state index contributed by atoms with van der Waals surface area (Å²) >= 11 is 0. The van der Waals surface area contributed by atoms with E-state index in [4.69, 9.17) is 8.83 Å². The van der Waals surface area contributed by atoms with E-state index in [2.05, 4.69) is 15.3 Å². The van der Waals surface area contributed by atoms with Crippen molar-refractivity contribution in [3.05, 3.63) is 47.8 Å². The first-order valence-corrected chi connectivity index (χ1v) is 6.55. The molecular formula is C15H10FN3O3. The molecule has 0 unspecified atom stereocenters. The lowest BCUT2D eigenvalue weighted by Gasteiger charge is -1.93. The third kappa shape index (κ3) is 2.08. The zero-order chi connectivity index (χ0) is 15.1. The minimum absolute atomic E-state index is 0.133. The molecule has 0 atom stereocenters. The van der Waals surface area contributed by atoms with Crippen LogP contribution in [-0.2, 0) is 6.61 Å². The van der Waals surface area contributed by atoms with Crippen LogP contribution in [0.4, 0.5) is 16.4 Å². The van der Waals surface area contributed by atoms with Crippen LogP contribution in [-0.4, -0.2) is 15.1 Å². The lowest BCUT2D eigenvalue weighted by molar-refractivity contribution is 0.283. The van der Waals surface area contributed by atoms with Crippen LogP contribution >= 0.6 is 0 Å². The van der Waals surface area contributed by atoms with Crippen LogP contribution < -0.4 is 5.32 Å². The van der Waals surface area contributed by atoms with Crippen LogP contribution in [0.2, 0.25) is 0 Å². The highest BCUT2D eigenvalue weighted by atomic mass is 19.1. The van der Waals surface area contributed by atoms with E-state index >= 15 is 0 Å². The molecule has 0 radical (unpaired) electrons. The summed E-state index contributed by atoms with van der Waals surface area (Å²) in [6.45, 7) is -0.133. The van der Waals surface area contributed by atoms with Crippen molar-refractivity contribution in [2.75, 3.05) is 5.32 Å². The largest absolute Gasteiger partial charge is 0.423 e. The van der Waals surface area contributed by atoms with Crippen molar-refractivity contribution < 1.29 is 18.3 Å². The molecular weight excluding hydrogens is 289 g/mol. The molecule has 4 rings (SSSR count). The van der Waals surface area contributed by atoms with E-state index in [1.165, 1.54) is 18.2 Å². The normalized spacial score (nSPS) is 11.4. The van der Waals surface area contributed by atoms with Crippen molar-refractivity contribution in [1.29, 1.82) is 0 Å². The first-order chi connectivity index (χ1) is 10.7. The van der Waals surface area contributed by atoms with Gasteiger partial charge in [0.2, 0.25) is 0 Å². The number of aromatic nitrogens is 2. The molecule has 110 valence electrons. The zero-order valence-electron chi connectivity index (χ0n) is 11.2. The summed E-state index contributed by atoms with van der Waals surface area (Å²) in [6, 6.07) is 9.68. The number of fused-ring (bicyclic) bond motifs is 2. The number of benzene rings is 2. The minimum Gasteiger partial charge on any atom is -0.423 e. The highest BCUT2D eigenvalue weighted by Crippen LogP contribution is 2.26. The first-order valence-electron chi connectivity index (χ1n) is 6.55. The Morgan fingerprint density at radius 2 is 1.86 bits per heavy atom. The summed E-state index contributed by atoms with van der Waals surface area (Å²) in [5.41, 5.74) is 2.62. The van der Waals surface area contributed by atoms with Crippen molar-refractivity contribution in [2.24, 2.45) is 0 Å². The van der Waals surface area contributed by atoms with Gasteiger partial charge in [-0.25, -0.2) is 4.39 Å². The fourth-order valence-electron chi connectivity index (χ4n) is 2.23. The molecule has 0 saturated carbocycles. The summed E-state index contributed by atoms with van der Waals surface area (Å²) in [4.78, 5) is 8.37. The van der Waals surface area contributed by atoms with Crippen LogP contribution in [0.5, 0.6) is 0 Å². The Labute approximate surface area is 123 Å². The number of aliphatic hydroxyl groups is 1. The molecule has 0 saturated heterocycles. The van der Waals surface area contributed by atoms with Crippen molar-refractivity contribution in [3.8, 4) is 0 Å². The number of oxazole rings is 2. The Hall–Kier alpha value is -2.93. The Bertz CT molecular complexity index is 977. The second-order valence-electron chi connectivity index (χ2n) is 4.70. The van der Waals surface area contributed by atoms with Gasteiger partial charge in [-0.2, -0.15) is 9.97 Å². The number of halogens is 1. The molecule has 2 aromatic carbocycles. The summed E-state index contributed by atoms with van der Waals surface area (Å²) in [6.07, 6.45) is 0. The summed E-state index contributed by atoms with van der Waals surface area (Å²) in [5, 5.41) is 12.1. The summed E-state index contributed by atoms with van der Waals surface area (Å²) < 4.78 is 24.1. The molecule has 4 aromatic rings. The lowest BCUT2D eigenvalue weighted by Crippen LogP contribution is -1.90. The third-order valence-corrected chi connectivity index (χ3v) is 3.24. The van der Waals surface area contributed by atoms with Gasteiger partial charge in [0.25, 0.3) is 0 Å². The Balaban J connectivity index is 1.72. The Kier molecular flexibility index (Phi) is 2.80. The van der Waals surface area contributed by atoms with Crippen LogP contribution in [0.15, 0.2) is 45.2 Å². The van der Waals surface area contributed by atoms with Crippen molar-refractivity contribution in [2.45, 2.75) is 6.61 Å². The van der Waals surface area contributed by atoms with Gasteiger partial charge < -0.3 is 13.9 Å². The molecule has 6 nitrogen and oxygen atoms in total. The second kappa shape index (κ2) is 4.81. The molecule has 2 heterocycles. The fraction of sp³-hybridized carbons (Fsp3) is 0.0667. The monoisotopic (exact) mass is 299 g/mol. The number of nitrogens with one attached hydrogen (secondary N) is 1. The molecule has 0 amide bonds. The Morgan fingerprint density at radius 3 is 2.73 bits per heavy atom. The standard InChI is InChI=1S/C15H10FN3O3/c16-9-4-5-11-10(6-9)17-14(21-11)19-15-18-13-8(7-20)2-1-3-12(13)22-15/h1-6,20H,7H2,(H,17,18,19). The van der Waals surface area contributed by atoms with Gasteiger partial charge in [0, 0.05) is 11.6 Å². The second-order valence-corrected chi connectivity index (χ2v) is 4.70. The highest BCUT2D eigenvalue weighted by Gasteiger charge is 2.12. The maximum absolute atomic E-state index is 13.1. The third-order valence-electron chi connectivity index (χ3n) is 3.24. The summed E-state index contributed by atoms with van der Waals surface area (Å²) in [5.74, 6) is -0.387. The van der Waals surface area contributed by atoms with Crippen LogP contribution in [0.1, 0.15) is 5.56 Å². The Morgan fingerprint density at radius 1 is 1.05 bits per heavy atom. The molecule has 0 bridgehead atoms. The van der Waals surface area contributed by atoms with Gasteiger partial charge in [-0.15, -0.1) is 0 Å². The van der Waals surface area contributed by atoms with Crippen molar-refractivity contribution in [3.63, 3.8) is 0 Å². The van der Waals surface area contributed by atoms with Gasteiger partial charge in [0.15, 0.2) is 11.2 Å².